The number of aromatic nitrogens is 2. The van der Waals surface area contributed by atoms with Crippen molar-refractivity contribution >= 4 is 11.7 Å². The highest BCUT2D eigenvalue weighted by molar-refractivity contribution is 5.89. The van der Waals surface area contributed by atoms with Gasteiger partial charge in [-0.2, -0.15) is 18.3 Å². The second-order valence-electron chi connectivity index (χ2n) is 4.99. The fraction of sp³-hybridized carbons (Fsp3) is 0.636. The number of anilines is 1. The number of urea groups is 1. The van der Waals surface area contributed by atoms with Crippen LogP contribution in [0.15, 0.2) is 12.4 Å². The lowest BCUT2D eigenvalue weighted by Crippen LogP contribution is -2.60. The molecule has 0 unspecified atom stereocenters. The van der Waals surface area contributed by atoms with Crippen LogP contribution in [0.2, 0.25) is 0 Å². The van der Waals surface area contributed by atoms with Crippen molar-refractivity contribution < 1.29 is 18.0 Å². The molecule has 112 valence electrons. The lowest BCUT2D eigenvalue weighted by Gasteiger charge is -2.42. The third-order valence-corrected chi connectivity index (χ3v) is 3.11. The number of rotatable bonds is 3. The maximum Gasteiger partial charge on any atom is 0.408 e. The van der Waals surface area contributed by atoms with Crippen molar-refractivity contribution in [2.75, 3.05) is 32.5 Å². The zero-order valence-electron chi connectivity index (χ0n) is 11.2. The summed E-state index contributed by atoms with van der Waals surface area (Å²) in [4.78, 5) is 15.4. The molecular formula is C11H16F3N5O. The monoisotopic (exact) mass is 291 g/mol. The Bertz CT molecular complexity index is 479. The van der Waals surface area contributed by atoms with Gasteiger partial charge in [0.15, 0.2) is 0 Å². The van der Waals surface area contributed by atoms with Gasteiger partial charge in [-0.1, -0.05) is 0 Å². The fourth-order valence-corrected chi connectivity index (χ4v) is 1.85. The third kappa shape index (κ3) is 3.62. The SMILES string of the molecule is CN(C)C1CN(C(=O)Nc2cnn(CC(F)(F)F)c2)C1. The van der Waals surface area contributed by atoms with E-state index in [9.17, 15) is 18.0 Å². The molecule has 2 heterocycles. The summed E-state index contributed by atoms with van der Waals surface area (Å²) in [5.41, 5.74) is 0.257. The number of nitrogens with one attached hydrogen (secondary N) is 1. The molecule has 1 aromatic rings. The molecule has 0 atom stereocenters. The average Bonchev–Trinajstić information content (AvgIpc) is 2.59. The summed E-state index contributed by atoms with van der Waals surface area (Å²) in [6, 6.07) is 0.00311. The molecule has 2 amide bonds. The topological polar surface area (TPSA) is 53.4 Å². The van der Waals surface area contributed by atoms with E-state index in [1.54, 1.807) is 4.90 Å². The Hall–Kier alpha value is -1.77. The molecule has 0 saturated carbocycles. The van der Waals surface area contributed by atoms with Gasteiger partial charge in [0.2, 0.25) is 0 Å². The van der Waals surface area contributed by atoms with Crippen LogP contribution in [0.5, 0.6) is 0 Å². The molecule has 0 aromatic carbocycles. The van der Waals surface area contributed by atoms with Gasteiger partial charge in [-0.05, 0) is 14.1 Å². The highest BCUT2D eigenvalue weighted by Crippen LogP contribution is 2.19. The van der Waals surface area contributed by atoms with Gasteiger partial charge in [0.1, 0.15) is 6.54 Å². The molecule has 2 rings (SSSR count). The van der Waals surface area contributed by atoms with Gasteiger partial charge in [0.05, 0.1) is 11.9 Å². The van der Waals surface area contributed by atoms with Crippen molar-refractivity contribution in [3.63, 3.8) is 0 Å². The second-order valence-corrected chi connectivity index (χ2v) is 4.99. The summed E-state index contributed by atoms with van der Waals surface area (Å²) >= 11 is 0. The zero-order chi connectivity index (χ0) is 14.9. The molecule has 20 heavy (non-hydrogen) atoms. The Morgan fingerprint density at radius 1 is 1.50 bits per heavy atom. The number of likely N-dealkylation sites (N-methyl/N-ethyl adjacent to an activating group) is 1. The number of hydrogen-bond donors (Lipinski definition) is 1. The number of likely N-dealkylation sites (tertiary alicyclic amines) is 1. The predicted molar refractivity (Wildman–Crippen MR) is 66.3 cm³/mol. The molecule has 0 bridgehead atoms. The number of carbonyl (C=O) groups is 1. The summed E-state index contributed by atoms with van der Waals surface area (Å²) < 4.78 is 37.2. The van der Waals surface area contributed by atoms with Crippen molar-refractivity contribution in [3.8, 4) is 0 Å². The fourth-order valence-electron chi connectivity index (χ4n) is 1.85. The second kappa shape index (κ2) is 5.31. The minimum absolute atomic E-state index is 0.257. The van der Waals surface area contributed by atoms with Crippen LogP contribution in [0.25, 0.3) is 0 Å². The Balaban J connectivity index is 1.84. The molecule has 0 aliphatic carbocycles. The maximum atomic E-state index is 12.2. The summed E-state index contributed by atoms with van der Waals surface area (Å²) in [5, 5.41) is 6.08. The first-order valence-corrected chi connectivity index (χ1v) is 6.06. The van der Waals surface area contributed by atoms with E-state index in [4.69, 9.17) is 0 Å². The number of alkyl halides is 3. The van der Waals surface area contributed by atoms with Gasteiger partial charge in [-0.25, -0.2) is 4.79 Å². The van der Waals surface area contributed by atoms with Gasteiger partial charge in [0.25, 0.3) is 0 Å². The molecule has 1 aliphatic heterocycles. The molecule has 1 aliphatic rings. The van der Waals surface area contributed by atoms with E-state index in [0.29, 0.717) is 19.1 Å². The van der Waals surface area contributed by atoms with Gasteiger partial charge in [-0.3, -0.25) is 4.68 Å². The summed E-state index contributed by atoms with van der Waals surface area (Å²) in [5.74, 6) is 0. The molecule has 1 aromatic heterocycles. The number of halogens is 3. The highest BCUT2D eigenvalue weighted by Gasteiger charge is 2.32. The van der Waals surface area contributed by atoms with Crippen LogP contribution in [0.4, 0.5) is 23.7 Å². The van der Waals surface area contributed by atoms with Crippen molar-refractivity contribution in [2.45, 2.75) is 18.8 Å². The first kappa shape index (κ1) is 14.6. The van der Waals surface area contributed by atoms with Gasteiger partial charge in [-0.15, -0.1) is 0 Å². The van der Waals surface area contributed by atoms with Crippen LogP contribution in [0.1, 0.15) is 0 Å². The Morgan fingerprint density at radius 3 is 2.70 bits per heavy atom. The standard InChI is InChI=1S/C11H16F3N5O/c1-17(2)9-5-18(6-9)10(20)16-8-3-15-19(4-8)7-11(12,13)14/h3-4,9H,5-7H2,1-2H3,(H,16,20). The lowest BCUT2D eigenvalue weighted by atomic mass is 10.1. The van der Waals surface area contributed by atoms with Crippen LogP contribution in [-0.2, 0) is 6.54 Å². The van der Waals surface area contributed by atoms with Gasteiger partial charge in [0, 0.05) is 25.3 Å². The Kier molecular flexibility index (Phi) is 3.89. The molecule has 1 saturated heterocycles. The number of hydrogen-bond acceptors (Lipinski definition) is 3. The van der Waals surface area contributed by atoms with Crippen LogP contribution >= 0.6 is 0 Å². The minimum Gasteiger partial charge on any atom is -0.321 e. The van der Waals surface area contributed by atoms with Crippen molar-refractivity contribution in [1.82, 2.24) is 19.6 Å². The van der Waals surface area contributed by atoms with Crippen LogP contribution < -0.4 is 5.32 Å². The van der Waals surface area contributed by atoms with E-state index in [1.165, 1.54) is 6.20 Å². The number of carbonyl (C=O) groups excluding carboxylic acids is 1. The number of nitrogens with zero attached hydrogens (tertiary/aromatic N) is 4. The van der Waals surface area contributed by atoms with Gasteiger partial charge < -0.3 is 15.1 Å². The molecule has 0 spiro atoms. The van der Waals surface area contributed by atoms with E-state index in [-0.39, 0.29) is 11.7 Å². The smallest absolute Gasteiger partial charge is 0.321 e. The van der Waals surface area contributed by atoms with Crippen LogP contribution in [0, 0.1) is 0 Å². The van der Waals surface area contributed by atoms with E-state index < -0.39 is 12.7 Å². The van der Waals surface area contributed by atoms with Crippen molar-refractivity contribution in [3.05, 3.63) is 12.4 Å². The molecule has 1 fully saturated rings. The summed E-state index contributed by atoms with van der Waals surface area (Å²) in [7, 11) is 3.86. The summed E-state index contributed by atoms with van der Waals surface area (Å²) in [6.45, 7) is 0.0420. The third-order valence-electron chi connectivity index (χ3n) is 3.11. The Morgan fingerprint density at radius 2 is 2.15 bits per heavy atom. The zero-order valence-corrected chi connectivity index (χ0v) is 11.2. The molecule has 1 N–H and O–H groups in total. The molecule has 6 nitrogen and oxygen atoms in total. The average molecular weight is 291 g/mol. The van der Waals surface area contributed by atoms with E-state index in [1.807, 2.05) is 19.0 Å². The van der Waals surface area contributed by atoms with Crippen molar-refractivity contribution in [1.29, 1.82) is 0 Å². The quantitative estimate of drug-likeness (QED) is 0.911. The van der Waals surface area contributed by atoms with Crippen molar-refractivity contribution in [2.24, 2.45) is 0 Å². The molecular weight excluding hydrogens is 275 g/mol. The van der Waals surface area contributed by atoms with Crippen LogP contribution in [0.3, 0.4) is 0 Å². The first-order valence-electron chi connectivity index (χ1n) is 6.06. The summed E-state index contributed by atoms with van der Waals surface area (Å²) in [6.07, 6.45) is -1.97. The van der Waals surface area contributed by atoms with Gasteiger partial charge >= 0.3 is 12.2 Å². The normalized spacial score (nSPS) is 16.4. The predicted octanol–water partition coefficient (Wildman–Crippen LogP) is 1.22. The number of amides is 2. The molecule has 9 heteroatoms. The highest BCUT2D eigenvalue weighted by atomic mass is 19.4. The first-order chi connectivity index (χ1) is 9.24. The lowest BCUT2D eigenvalue weighted by molar-refractivity contribution is -0.142. The molecule has 0 radical (unpaired) electrons. The van der Waals surface area contributed by atoms with E-state index >= 15 is 0 Å². The largest absolute Gasteiger partial charge is 0.408 e. The van der Waals surface area contributed by atoms with E-state index in [0.717, 1.165) is 10.9 Å². The van der Waals surface area contributed by atoms with E-state index in [2.05, 4.69) is 10.4 Å². The Labute approximate surface area is 114 Å². The van der Waals surface area contributed by atoms with Crippen LogP contribution in [-0.4, -0.2) is 65.0 Å². The minimum atomic E-state index is -4.33. The maximum absolute atomic E-state index is 12.2.